The van der Waals surface area contributed by atoms with E-state index in [0.29, 0.717) is 0 Å². The van der Waals surface area contributed by atoms with Crippen LogP contribution in [0.2, 0.25) is 12.6 Å². The Morgan fingerprint density at radius 2 is 1.00 bits per heavy atom. The van der Waals surface area contributed by atoms with Gasteiger partial charge in [-0.2, -0.15) is 0 Å². The van der Waals surface area contributed by atoms with E-state index >= 15 is 0 Å². The third-order valence-corrected chi connectivity index (χ3v) is 1.93. The molecule has 0 aliphatic heterocycles. The molecule has 0 unspecified atom stereocenters. The summed E-state index contributed by atoms with van der Waals surface area (Å²) >= 11 is 0. The molecule has 0 amide bonds. The standard InChI is InChI=1S/C7H18B2O4/c1-10-8(11-2)6-5-7-9(12-3)13-4/h5-7H2,1-4H3. The van der Waals surface area contributed by atoms with Crippen molar-refractivity contribution in [2.45, 2.75) is 19.1 Å². The molecule has 0 rings (SSSR count). The molecule has 0 N–H and O–H groups in total. The van der Waals surface area contributed by atoms with Crippen LogP contribution in [0.4, 0.5) is 0 Å². The Labute approximate surface area is 81.2 Å². The highest BCUT2D eigenvalue weighted by atomic mass is 16.6. The van der Waals surface area contributed by atoms with Crippen molar-refractivity contribution < 1.29 is 18.6 Å². The first-order valence-electron chi connectivity index (χ1n) is 4.39. The molecular weight excluding hydrogens is 170 g/mol. The van der Waals surface area contributed by atoms with Gasteiger partial charge in [-0.25, -0.2) is 0 Å². The van der Waals surface area contributed by atoms with Gasteiger partial charge in [0, 0.05) is 28.4 Å². The van der Waals surface area contributed by atoms with Crippen molar-refractivity contribution in [1.29, 1.82) is 0 Å². The van der Waals surface area contributed by atoms with Crippen molar-refractivity contribution in [2.75, 3.05) is 28.4 Å². The van der Waals surface area contributed by atoms with Crippen LogP contribution in [-0.2, 0) is 18.6 Å². The van der Waals surface area contributed by atoms with E-state index in [2.05, 4.69) is 0 Å². The van der Waals surface area contributed by atoms with Gasteiger partial charge in [0.05, 0.1) is 0 Å². The first kappa shape index (κ1) is 13.0. The quantitative estimate of drug-likeness (QED) is 0.531. The van der Waals surface area contributed by atoms with Crippen molar-refractivity contribution in [1.82, 2.24) is 0 Å². The Bertz CT molecular complexity index is 94.7. The summed E-state index contributed by atoms with van der Waals surface area (Å²) in [5.74, 6) is 0. The van der Waals surface area contributed by atoms with Gasteiger partial charge < -0.3 is 18.6 Å². The molecule has 0 heterocycles. The molecule has 4 nitrogen and oxygen atoms in total. The minimum atomic E-state index is -0.116. The van der Waals surface area contributed by atoms with Crippen LogP contribution in [0.15, 0.2) is 0 Å². The van der Waals surface area contributed by atoms with Gasteiger partial charge in [-0.1, -0.05) is 6.42 Å². The summed E-state index contributed by atoms with van der Waals surface area (Å²) in [6.45, 7) is 0. The third-order valence-electron chi connectivity index (χ3n) is 1.93. The lowest BCUT2D eigenvalue weighted by Crippen LogP contribution is -2.22. The van der Waals surface area contributed by atoms with Gasteiger partial charge in [-0.3, -0.25) is 0 Å². The number of rotatable bonds is 8. The van der Waals surface area contributed by atoms with Gasteiger partial charge >= 0.3 is 14.2 Å². The summed E-state index contributed by atoms with van der Waals surface area (Å²) in [5.41, 5.74) is 0. The summed E-state index contributed by atoms with van der Waals surface area (Å²) < 4.78 is 20.2. The predicted molar refractivity (Wildman–Crippen MR) is 53.8 cm³/mol. The van der Waals surface area contributed by atoms with Gasteiger partial charge in [-0.05, 0) is 12.6 Å². The minimum absolute atomic E-state index is 0.116. The summed E-state index contributed by atoms with van der Waals surface area (Å²) in [6, 6.07) is 0. The fraction of sp³-hybridized carbons (Fsp3) is 1.00. The average Bonchev–Trinajstić information content (AvgIpc) is 2.19. The highest BCUT2D eigenvalue weighted by molar-refractivity contribution is 6.46. The van der Waals surface area contributed by atoms with E-state index in [0.717, 1.165) is 19.1 Å². The maximum absolute atomic E-state index is 5.04. The monoisotopic (exact) mass is 188 g/mol. The zero-order valence-electron chi connectivity index (χ0n) is 8.91. The second kappa shape index (κ2) is 8.56. The van der Waals surface area contributed by atoms with Gasteiger partial charge in [0.15, 0.2) is 0 Å². The normalized spacial score (nSPS) is 10.2. The summed E-state index contributed by atoms with van der Waals surface area (Å²) in [4.78, 5) is 0. The van der Waals surface area contributed by atoms with Crippen molar-refractivity contribution in [2.24, 2.45) is 0 Å². The Kier molecular flexibility index (Phi) is 8.54. The minimum Gasteiger partial charge on any atom is -0.414 e. The smallest absolute Gasteiger partial charge is 0.414 e. The van der Waals surface area contributed by atoms with Crippen molar-refractivity contribution in [3.05, 3.63) is 0 Å². The second-order valence-corrected chi connectivity index (χ2v) is 2.73. The predicted octanol–water partition coefficient (Wildman–Crippen LogP) is 0.938. The molecule has 6 heteroatoms. The van der Waals surface area contributed by atoms with E-state index in [9.17, 15) is 0 Å². The van der Waals surface area contributed by atoms with Crippen LogP contribution in [0.25, 0.3) is 0 Å². The topological polar surface area (TPSA) is 36.9 Å². The Morgan fingerprint density at radius 1 is 0.692 bits per heavy atom. The lowest BCUT2D eigenvalue weighted by Gasteiger charge is -2.10. The molecule has 0 bridgehead atoms. The van der Waals surface area contributed by atoms with Crippen LogP contribution in [0.1, 0.15) is 6.42 Å². The molecule has 0 radical (unpaired) electrons. The van der Waals surface area contributed by atoms with Crippen LogP contribution >= 0.6 is 0 Å². The molecule has 76 valence electrons. The molecule has 0 saturated carbocycles. The SMILES string of the molecule is COB(CCCB(OC)OC)OC. The van der Waals surface area contributed by atoms with Gasteiger partial charge in [-0.15, -0.1) is 0 Å². The lowest BCUT2D eigenvalue weighted by molar-refractivity contribution is 0.270. The van der Waals surface area contributed by atoms with Crippen LogP contribution in [0, 0.1) is 0 Å². The van der Waals surface area contributed by atoms with Crippen LogP contribution in [0.3, 0.4) is 0 Å². The molecule has 0 saturated heterocycles. The number of hydrogen-bond acceptors (Lipinski definition) is 4. The summed E-state index contributed by atoms with van der Waals surface area (Å²) in [5, 5.41) is 0. The lowest BCUT2D eigenvalue weighted by atomic mass is 9.75. The van der Waals surface area contributed by atoms with Gasteiger partial charge in [0.2, 0.25) is 0 Å². The van der Waals surface area contributed by atoms with E-state index in [1.54, 1.807) is 28.4 Å². The first-order valence-corrected chi connectivity index (χ1v) is 4.39. The molecular formula is C7H18B2O4. The Balaban J connectivity index is 3.41. The van der Waals surface area contributed by atoms with Crippen molar-refractivity contribution in [3.8, 4) is 0 Å². The maximum atomic E-state index is 5.04. The largest absolute Gasteiger partial charge is 0.456 e. The fourth-order valence-electron chi connectivity index (χ4n) is 1.12. The average molecular weight is 188 g/mol. The molecule has 0 aromatic heterocycles. The first-order chi connectivity index (χ1) is 6.28. The Hall–Kier alpha value is -0.0301. The van der Waals surface area contributed by atoms with E-state index in [-0.39, 0.29) is 14.2 Å². The molecule has 0 spiro atoms. The molecule has 0 aliphatic rings. The van der Waals surface area contributed by atoms with Crippen molar-refractivity contribution >= 4 is 14.2 Å². The zero-order chi connectivity index (χ0) is 10.1. The molecule has 0 aromatic carbocycles. The van der Waals surface area contributed by atoms with Crippen molar-refractivity contribution in [3.63, 3.8) is 0 Å². The molecule has 0 atom stereocenters. The third kappa shape index (κ3) is 6.10. The van der Waals surface area contributed by atoms with E-state index in [1.807, 2.05) is 0 Å². The van der Waals surface area contributed by atoms with Crippen LogP contribution < -0.4 is 0 Å². The van der Waals surface area contributed by atoms with Gasteiger partial charge in [0.1, 0.15) is 0 Å². The number of hydrogen-bond donors (Lipinski definition) is 0. The molecule has 0 fully saturated rings. The van der Waals surface area contributed by atoms with Crippen LogP contribution in [-0.4, -0.2) is 42.7 Å². The Morgan fingerprint density at radius 3 is 1.23 bits per heavy atom. The van der Waals surface area contributed by atoms with E-state index < -0.39 is 0 Å². The fourth-order valence-corrected chi connectivity index (χ4v) is 1.12. The molecule has 13 heavy (non-hydrogen) atoms. The summed E-state index contributed by atoms with van der Waals surface area (Å²) in [7, 11) is 6.32. The highest BCUT2D eigenvalue weighted by Gasteiger charge is 2.18. The van der Waals surface area contributed by atoms with Gasteiger partial charge in [0.25, 0.3) is 0 Å². The maximum Gasteiger partial charge on any atom is 0.456 e. The second-order valence-electron chi connectivity index (χ2n) is 2.73. The zero-order valence-corrected chi connectivity index (χ0v) is 8.91. The van der Waals surface area contributed by atoms with E-state index in [1.165, 1.54) is 0 Å². The summed E-state index contributed by atoms with van der Waals surface area (Å²) in [6.07, 6.45) is 2.67. The van der Waals surface area contributed by atoms with Crippen LogP contribution in [0.5, 0.6) is 0 Å². The molecule has 0 aliphatic carbocycles. The van der Waals surface area contributed by atoms with E-state index in [4.69, 9.17) is 18.6 Å². The highest BCUT2D eigenvalue weighted by Crippen LogP contribution is 2.07. The molecule has 0 aromatic rings.